The Morgan fingerprint density at radius 1 is 0.692 bits per heavy atom. The second-order valence-electron chi connectivity index (χ2n) is 6.56. The predicted octanol–water partition coefficient (Wildman–Crippen LogP) is 3.02. The Morgan fingerprint density at radius 3 is 1.46 bits per heavy atom. The molecule has 0 aromatic heterocycles. The molecule has 6 heteroatoms. The van der Waals surface area contributed by atoms with E-state index in [1.54, 1.807) is 36.4 Å². The van der Waals surface area contributed by atoms with E-state index in [9.17, 15) is 19.2 Å². The monoisotopic (exact) mass is 350 g/mol. The van der Waals surface area contributed by atoms with Crippen molar-refractivity contribution in [3.05, 3.63) is 69.8 Å². The Balaban J connectivity index is 1.85. The highest BCUT2D eigenvalue weighted by Crippen LogP contribution is 2.38. The van der Waals surface area contributed by atoms with E-state index in [-0.39, 0.29) is 22.3 Å². The fourth-order valence-electron chi connectivity index (χ4n) is 3.43. The van der Waals surface area contributed by atoms with E-state index >= 15 is 0 Å². The van der Waals surface area contributed by atoms with Crippen LogP contribution in [0, 0.1) is 0 Å². The van der Waals surface area contributed by atoms with Gasteiger partial charge in [0.1, 0.15) is 0 Å². The molecule has 2 heterocycles. The van der Waals surface area contributed by atoms with Crippen molar-refractivity contribution in [2.45, 2.75) is 25.7 Å². The summed E-state index contributed by atoms with van der Waals surface area (Å²) < 4.78 is 9.30. The van der Waals surface area contributed by atoms with Gasteiger partial charge in [-0.25, -0.2) is 19.2 Å². The van der Waals surface area contributed by atoms with Crippen LogP contribution in [0.4, 0.5) is 0 Å². The molecule has 0 amide bonds. The van der Waals surface area contributed by atoms with Crippen LogP contribution in [-0.2, 0) is 14.9 Å². The maximum absolute atomic E-state index is 11.9. The van der Waals surface area contributed by atoms with Crippen molar-refractivity contribution in [1.29, 1.82) is 0 Å². The number of cyclic esters (lactones) is 4. The van der Waals surface area contributed by atoms with Crippen LogP contribution in [-0.4, -0.2) is 23.9 Å². The Morgan fingerprint density at radius 2 is 1.08 bits per heavy atom. The molecule has 0 radical (unpaired) electrons. The third kappa shape index (κ3) is 2.12. The molecule has 0 fully saturated rings. The van der Waals surface area contributed by atoms with Crippen molar-refractivity contribution in [3.63, 3.8) is 0 Å². The number of hydrogen-bond donors (Lipinski definition) is 0. The number of esters is 4. The number of fused-ring (bicyclic) bond motifs is 2. The first-order chi connectivity index (χ1) is 12.3. The van der Waals surface area contributed by atoms with Gasteiger partial charge in [0, 0.05) is 5.41 Å². The average molecular weight is 350 g/mol. The second-order valence-corrected chi connectivity index (χ2v) is 6.56. The van der Waals surface area contributed by atoms with Gasteiger partial charge in [-0.2, -0.15) is 0 Å². The summed E-state index contributed by atoms with van der Waals surface area (Å²) in [6.45, 7) is 3.95. The quantitative estimate of drug-likeness (QED) is 0.625. The molecule has 2 aliphatic heterocycles. The van der Waals surface area contributed by atoms with Crippen LogP contribution >= 0.6 is 0 Å². The van der Waals surface area contributed by atoms with Crippen molar-refractivity contribution < 1.29 is 28.7 Å². The summed E-state index contributed by atoms with van der Waals surface area (Å²) in [5, 5.41) is 0. The highest BCUT2D eigenvalue weighted by atomic mass is 16.6. The molecule has 0 unspecified atom stereocenters. The Hall–Kier alpha value is -3.28. The third-order valence-corrected chi connectivity index (χ3v) is 5.27. The molecule has 2 aromatic carbocycles. The Kier molecular flexibility index (Phi) is 3.34. The molecule has 0 saturated carbocycles. The van der Waals surface area contributed by atoms with Gasteiger partial charge in [-0.15, -0.1) is 0 Å². The summed E-state index contributed by atoms with van der Waals surface area (Å²) in [6, 6.07) is 10.0. The van der Waals surface area contributed by atoms with Crippen LogP contribution in [0.2, 0.25) is 0 Å². The first-order valence-corrected chi connectivity index (χ1v) is 8.17. The number of hydrogen-bond acceptors (Lipinski definition) is 6. The molecule has 6 nitrogen and oxygen atoms in total. The zero-order valence-corrected chi connectivity index (χ0v) is 14.1. The lowest BCUT2D eigenvalue weighted by atomic mass is 9.73. The molecule has 2 aromatic rings. The molecule has 0 spiro atoms. The zero-order chi connectivity index (χ0) is 18.6. The first kappa shape index (κ1) is 16.2. The van der Waals surface area contributed by atoms with E-state index in [1.807, 2.05) is 13.8 Å². The molecular weight excluding hydrogens is 336 g/mol. The molecule has 0 atom stereocenters. The molecule has 4 rings (SSSR count). The SMILES string of the molecule is CCC(C)(c1ccc2c(c1)C(=O)OC2=O)c1ccc2c(c1)C(=O)OC2=O. The molecular formula is C20H14O6. The predicted molar refractivity (Wildman–Crippen MR) is 89.1 cm³/mol. The maximum Gasteiger partial charge on any atom is 0.346 e. The maximum atomic E-state index is 11.9. The lowest BCUT2D eigenvalue weighted by molar-refractivity contribution is 0.0425. The summed E-state index contributed by atoms with van der Waals surface area (Å²) in [7, 11) is 0. The van der Waals surface area contributed by atoms with Crippen LogP contribution in [0.15, 0.2) is 36.4 Å². The number of ether oxygens (including phenoxy) is 2. The fourth-order valence-corrected chi connectivity index (χ4v) is 3.43. The zero-order valence-electron chi connectivity index (χ0n) is 14.1. The average Bonchev–Trinajstić information content (AvgIpc) is 3.09. The van der Waals surface area contributed by atoms with Crippen LogP contribution in [0.1, 0.15) is 72.8 Å². The van der Waals surface area contributed by atoms with Crippen LogP contribution in [0.25, 0.3) is 0 Å². The van der Waals surface area contributed by atoms with Crippen molar-refractivity contribution in [2.24, 2.45) is 0 Å². The van der Waals surface area contributed by atoms with Crippen molar-refractivity contribution >= 4 is 23.9 Å². The minimum absolute atomic E-state index is 0.239. The summed E-state index contributed by atoms with van der Waals surface area (Å²) in [5.41, 5.74) is 2.06. The molecule has 0 bridgehead atoms. The lowest BCUT2D eigenvalue weighted by Gasteiger charge is -2.30. The van der Waals surface area contributed by atoms with Crippen molar-refractivity contribution in [1.82, 2.24) is 0 Å². The van der Waals surface area contributed by atoms with Crippen molar-refractivity contribution in [2.75, 3.05) is 0 Å². The number of benzene rings is 2. The largest absolute Gasteiger partial charge is 0.386 e. The summed E-state index contributed by atoms with van der Waals surface area (Å²) >= 11 is 0. The van der Waals surface area contributed by atoms with Gasteiger partial charge in [-0.05, 0) is 41.8 Å². The van der Waals surface area contributed by atoms with E-state index in [1.165, 1.54) is 0 Å². The highest BCUT2D eigenvalue weighted by Gasteiger charge is 2.36. The Bertz CT molecular complexity index is 939. The lowest BCUT2D eigenvalue weighted by Crippen LogP contribution is -2.23. The van der Waals surface area contributed by atoms with Crippen LogP contribution < -0.4 is 0 Å². The molecule has 26 heavy (non-hydrogen) atoms. The standard InChI is InChI=1S/C20H14O6/c1-3-20(2,10-4-6-12-14(8-10)18(23)25-16(12)21)11-5-7-13-15(9-11)19(24)26-17(13)22/h4-9H,3H2,1-2H3. The van der Waals surface area contributed by atoms with Gasteiger partial charge in [-0.1, -0.05) is 26.0 Å². The van der Waals surface area contributed by atoms with Gasteiger partial charge in [0.2, 0.25) is 0 Å². The van der Waals surface area contributed by atoms with Gasteiger partial charge in [0.05, 0.1) is 22.3 Å². The summed E-state index contributed by atoms with van der Waals surface area (Å²) in [4.78, 5) is 47.0. The first-order valence-electron chi connectivity index (χ1n) is 8.17. The van der Waals surface area contributed by atoms with Gasteiger partial charge >= 0.3 is 23.9 Å². The summed E-state index contributed by atoms with van der Waals surface area (Å²) in [5.74, 6) is -2.61. The van der Waals surface area contributed by atoms with E-state index in [0.717, 1.165) is 11.1 Å². The van der Waals surface area contributed by atoms with Gasteiger partial charge < -0.3 is 9.47 Å². The van der Waals surface area contributed by atoms with Crippen molar-refractivity contribution in [3.8, 4) is 0 Å². The molecule has 0 aliphatic carbocycles. The minimum atomic E-state index is -0.659. The molecule has 0 saturated heterocycles. The molecule has 130 valence electrons. The number of rotatable bonds is 3. The minimum Gasteiger partial charge on any atom is -0.386 e. The van der Waals surface area contributed by atoms with Gasteiger partial charge in [0.25, 0.3) is 0 Å². The molecule has 2 aliphatic rings. The third-order valence-electron chi connectivity index (χ3n) is 5.27. The second kappa shape index (κ2) is 5.36. The normalized spacial score (nSPS) is 15.6. The van der Waals surface area contributed by atoms with Gasteiger partial charge in [-0.3, -0.25) is 0 Å². The Labute approximate surface area is 148 Å². The topological polar surface area (TPSA) is 86.7 Å². The van der Waals surface area contributed by atoms with Crippen LogP contribution in [0.5, 0.6) is 0 Å². The van der Waals surface area contributed by atoms with E-state index in [4.69, 9.17) is 0 Å². The van der Waals surface area contributed by atoms with Gasteiger partial charge in [0.15, 0.2) is 0 Å². The smallest absolute Gasteiger partial charge is 0.346 e. The number of carbonyl (C=O) groups excluding carboxylic acids is 4. The van der Waals surface area contributed by atoms with E-state index in [0.29, 0.717) is 6.42 Å². The fraction of sp³-hybridized carbons (Fsp3) is 0.200. The van der Waals surface area contributed by atoms with E-state index < -0.39 is 29.3 Å². The molecule has 0 N–H and O–H groups in total. The number of carbonyl (C=O) groups is 4. The van der Waals surface area contributed by atoms with Crippen LogP contribution in [0.3, 0.4) is 0 Å². The van der Waals surface area contributed by atoms with E-state index in [2.05, 4.69) is 9.47 Å². The summed E-state index contributed by atoms with van der Waals surface area (Å²) in [6.07, 6.45) is 0.663. The highest BCUT2D eigenvalue weighted by molar-refractivity contribution is 6.15.